The van der Waals surface area contributed by atoms with Gasteiger partial charge in [-0.05, 0) is 26.3 Å². The van der Waals surface area contributed by atoms with E-state index in [4.69, 9.17) is 5.73 Å². The Morgan fingerprint density at radius 2 is 2.23 bits per heavy atom. The number of rotatable bonds is 2. The van der Waals surface area contributed by atoms with Crippen LogP contribution in [0.3, 0.4) is 0 Å². The highest BCUT2D eigenvalue weighted by Crippen LogP contribution is 2.21. The molecule has 2 saturated heterocycles. The van der Waals surface area contributed by atoms with E-state index < -0.39 is 0 Å². The maximum absolute atomic E-state index is 5.81. The van der Waals surface area contributed by atoms with Crippen LogP contribution in [0.1, 0.15) is 19.8 Å². The summed E-state index contributed by atoms with van der Waals surface area (Å²) in [4.78, 5) is 5.16. The Morgan fingerprint density at radius 3 is 3.00 bits per heavy atom. The van der Waals surface area contributed by atoms with E-state index in [-0.39, 0.29) is 0 Å². The van der Waals surface area contributed by atoms with Crippen molar-refractivity contribution in [1.82, 2.24) is 9.80 Å². The lowest BCUT2D eigenvalue weighted by Gasteiger charge is -2.38. The van der Waals surface area contributed by atoms with Crippen LogP contribution in [0.5, 0.6) is 0 Å². The zero-order valence-electron chi connectivity index (χ0n) is 8.58. The minimum Gasteiger partial charge on any atom is -0.327 e. The minimum atomic E-state index is 0.327. The molecule has 0 radical (unpaired) electrons. The van der Waals surface area contributed by atoms with E-state index in [0.717, 1.165) is 12.6 Å². The standard InChI is InChI=1S/C10H21N3/c1-9(11)7-12-5-6-13-4-2-3-10(13)8-12/h9-10H,2-8,11H2,1H3/t9-,10+/m1/s1. The second-order valence-electron chi connectivity index (χ2n) is 4.57. The molecule has 0 aliphatic carbocycles. The predicted molar refractivity (Wildman–Crippen MR) is 54.7 cm³/mol. The van der Waals surface area contributed by atoms with Gasteiger partial charge in [-0.1, -0.05) is 0 Å². The number of hydrogen-bond donors (Lipinski definition) is 1. The molecule has 0 saturated carbocycles. The molecule has 2 aliphatic rings. The van der Waals surface area contributed by atoms with E-state index in [0.29, 0.717) is 6.04 Å². The SMILES string of the molecule is C[C@@H](N)CN1CCN2CCC[C@H]2C1. The van der Waals surface area contributed by atoms with Crippen molar-refractivity contribution in [3.63, 3.8) is 0 Å². The van der Waals surface area contributed by atoms with Gasteiger partial charge >= 0.3 is 0 Å². The number of nitrogens with two attached hydrogens (primary N) is 1. The van der Waals surface area contributed by atoms with E-state index in [1.165, 1.54) is 39.0 Å². The number of nitrogens with zero attached hydrogens (tertiary/aromatic N) is 2. The number of fused-ring (bicyclic) bond motifs is 1. The summed E-state index contributed by atoms with van der Waals surface area (Å²) in [6.07, 6.45) is 2.80. The average molecular weight is 183 g/mol. The van der Waals surface area contributed by atoms with Crippen LogP contribution in [0, 0.1) is 0 Å². The molecule has 0 unspecified atom stereocenters. The molecule has 2 heterocycles. The fraction of sp³-hybridized carbons (Fsp3) is 1.00. The van der Waals surface area contributed by atoms with Gasteiger partial charge in [-0.2, -0.15) is 0 Å². The molecule has 0 spiro atoms. The van der Waals surface area contributed by atoms with Gasteiger partial charge in [0.05, 0.1) is 0 Å². The fourth-order valence-corrected chi connectivity index (χ4v) is 2.63. The molecule has 2 atom stereocenters. The van der Waals surface area contributed by atoms with Crippen molar-refractivity contribution in [3.8, 4) is 0 Å². The third-order valence-electron chi connectivity index (χ3n) is 3.22. The quantitative estimate of drug-likeness (QED) is 0.660. The highest BCUT2D eigenvalue weighted by atomic mass is 15.3. The Morgan fingerprint density at radius 1 is 1.38 bits per heavy atom. The van der Waals surface area contributed by atoms with Crippen molar-refractivity contribution in [3.05, 3.63) is 0 Å². The summed E-state index contributed by atoms with van der Waals surface area (Å²) in [6.45, 7) is 8.24. The zero-order valence-corrected chi connectivity index (χ0v) is 8.58. The number of piperazine rings is 1. The van der Waals surface area contributed by atoms with Gasteiger partial charge in [-0.3, -0.25) is 9.80 Å². The van der Waals surface area contributed by atoms with E-state index in [1.807, 2.05) is 0 Å². The van der Waals surface area contributed by atoms with Crippen molar-refractivity contribution in [1.29, 1.82) is 0 Å². The third kappa shape index (κ3) is 2.22. The normalized spacial score (nSPS) is 33.2. The van der Waals surface area contributed by atoms with Crippen LogP contribution in [0.15, 0.2) is 0 Å². The van der Waals surface area contributed by atoms with E-state index in [9.17, 15) is 0 Å². The van der Waals surface area contributed by atoms with E-state index in [1.54, 1.807) is 0 Å². The maximum Gasteiger partial charge on any atom is 0.0224 e. The Labute approximate surface area is 80.9 Å². The van der Waals surface area contributed by atoms with Crippen molar-refractivity contribution >= 4 is 0 Å². The fourth-order valence-electron chi connectivity index (χ4n) is 2.63. The molecule has 2 aliphatic heterocycles. The van der Waals surface area contributed by atoms with Gasteiger partial charge in [0.15, 0.2) is 0 Å². The molecule has 13 heavy (non-hydrogen) atoms. The van der Waals surface area contributed by atoms with Gasteiger partial charge in [-0.25, -0.2) is 0 Å². The van der Waals surface area contributed by atoms with Gasteiger partial charge in [0.2, 0.25) is 0 Å². The van der Waals surface area contributed by atoms with Gasteiger partial charge in [0.1, 0.15) is 0 Å². The van der Waals surface area contributed by atoms with Crippen LogP contribution < -0.4 is 5.73 Å². The minimum absolute atomic E-state index is 0.327. The zero-order chi connectivity index (χ0) is 9.26. The summed E-state index contributed by atoms with van der Waals surface area (Å²) in [5.41, 5.74) is 5.81. The molecule has 0 aromatic rings. The summed E-state index contributed by atoms with van der Waals surface area (Å²) in [7, 11) is 0. The average Bonchev–Trinajstić information content (AvgIpc) is 2.49. The Balaban J connectivity index is 1.83. The summed E-state index contributed by atoms with van der Waals surface area (Å²) in [5.74, 6) is 0. The molecule has 0 amide bonds. The molecular weight excluding hydrogens is 162 g/mol. The van der Waals surface area contributed by atoms with E-state index >= 15 is 0 Å². The van der Waals surface area contributed by atoms with Gasteiger partial charge in [0, 0.05) is 38.3 Å². The molecule has 2 fully saturated rings. The van der Waals surface area contributed by atoms with Crippen molar-refractivity contribution in [2.75, 3.05) is 32.7 Å². The lowest BCUT2D eigenvalue weighted by Crippen LogP contribution is -2.52. The highest BCUT2D eigenvalue weighted by Gasteiger charge is 2.30. The first-order valence-electron chi connectivity index (χ1n) is 5.47. The molecule has 2 rings (SSSR count). The van der Waals surface area contributed by atoms with Gasteiger partial charge in [-0.15, -0.1) is 0 Å². The van der Waals surface area contributed by atoms with Crippen LogP contribution in [-0.4, -0.2) is 54.6 Å². The topological polar surface area (TPSA) is 32.5 Å². The van der Waals surface area contributed by atoms with Crippen molar-refractivity contribution < 1.29 is 0 Å². The molecular formula is C10H21N3. The lowest BCUT2D eigenvalue weighted by molar-refractivity contribution is 0.101. The van der Waals surface area contributed by atoms with Crippen LogP contribution in [-0.2, 0) is 0 Å². The Bertz CT molecular complexity index is 170. The van der Waals surface area contributed by atoms with Gasteiger partial charge in [0.25, 0.3) is 0 Å². The summed E-state index contributed by atoms with van der Waals surface area (Å²) in [6, 6.07) is 1.17. The summed E-state index contributed by atoms with van der Waals surface area (Å²) in [5, 5.41) is 0. The number of hydrogen-bond acceptors (Lipinski definition) is 3. The Kier molecular flexibility index (Phi) is 2.86. The molecule has 76 valence electrons. The monoisotopic (exact) mass is 183 g/mol. The highest BCUT2D eigenvalue weighted by molar-refractivity contribution is 4.87. The molecule has 0 aromatic carbocycles. The second kappa shape index (κ2) is 3.95. The molecule has 0 aromatic heterocycles. The maximum atomic E-state index is 5.81. The first-order chi connectivity index (χ1) is 6.25. The van der Waals surface area contributed by atoms with Crippen LogP contribution >= 0.6 is 0 Å². The summed E-state index contributed by atoms with van der Waals surface area (Å²) < 4.78 is 0. The van der Waals surface area contributed by atoms with Crippen molar-refractivity contribution in [2.45, 2.75) is 31.8 Å². The first-order valence-corrected chi connectivity index (χ1v) is 5.47. The first kappa shape index (κ1) is 9.44. The smallest absolute Gasteiger partial charge is 0.0224 e. The Hall–Kier alpha value is -0.120. The molecule has 3 heteroatoms. The van der Waals surface area contributed by atoms with Crippen LogP contribution in [0.2, 0.25) is 0 Å². The predicted octanol–water partition coefficient (Wildman–Crippen LogP) is 0.114. The van der Waals surface area contributed by atoms with Crippen LogP contribution in [0.25, 0.3) is 0 Å². The van der Waals surface area contributed by atoms with Crippen LogP contribution in [0.4, 0.5) is 0 Å². The summed E-state index contributed by atoms with van der Waals surface area (Å²) >= 11 is 0. The van der Waals surface area contributed by atoms with Gasteiger partial charge < -0.3 is 5.73 Å². The molecule has 2 N–H and O–H groups in total. The molecule has 3 nitrogen and oxygen atoms in total. The third-order valence-corrected chi connectivity index (χ3v) is 3.22. The molecule has 0 bridgehead atoms. The largest absolute Gasteiger partial charge is 0.327 e. The second-order valence-corrected chi connectivity index (χ2v) is 4.57. The van der Waals surface area contributed by atoms with Crippen molar-refractivity contribution in [2.24, 2.45) is 5.73 Å². The lowest BCUT2D eigenvalue weighted by atomic mass is 10.1. The van der Waals surface area contributed by atoms with E-state index in [2.05, 4.69) is 16.7 Å².